The molecule has 1 amide bonds. The van der Waals surface area contributed by atoms with E-state index in [1.54, 1.807) is 20.0 Å². The molecule has 1 aromatic rings. The van der Waals surface area contributed by atoms with Gasteiger partial charge in [0, 0.05) is 13.2 Å². The highest BCUT2D eigenvalue weighted by atomic mass is 16.4. The number of aryl methyl sites for hydroxylation is 1. The van der Waals surface area contributed by atoms with E-state index >= 15 is 0 Å². The van der Waals surface area contributed by atoms with Crippen LogP contribution >= 0.6 is 0 Å². The van der Waals surface area contributed by atoms with E-state index in [2.05, 4.69) is 15.6 Å². The maximum absolute atomic E-state index is 12.0. The summed E-state index contributed by atoms with van der Waals surface area (Å²) in [5.74, 6) is -0.350. The van der Waals surface area contributed by atoms with Gasteiger partial charge in [0.25, 0.3) is 5.91 Å². The summed E-state index contributed by atoms with van der Waals surface area (Å²) in [6.07, 6.45) is 2.04. The molecule has 1 atom stereocenters. The number of nitrogens with two attached hydrogens (primary N) is 1. The molecule has 17 heavy (non-hydrogen) atoms. The Bertz CT molecular complexity index is 440. The quantitative estimate of drug-likeness (QED) is 0.299. The fourth-order valence-electron chi connectivity index (χ4n) is 1.36. The van der Waals surface area contributed by atoms with Crippen LogP contribution in [0.15, 0.2) is 17.4 Å². The summed E-state index contributed by atoms with van der Waals surface area (Å²) in [5, 5.41) is 18.3. The van der Waals surface area contributed by atoms with Crippen LogP contribution in [0.3, 0.4) is 0 Å². The van der Waals surface area contributed by atoms with E-state index in [-0.39, 0.29) is 11.7 Å². The van der Waals surface area contributed by atoms with Crippen LogP contribution in [-0.4, -0.2) is 32.3 Å². The topological polar surface area (TPSA) is 106 Å². The van der Waals surface area contributed by atoms with Crippen molar-refractivity contribution in [1.82, 2.24) is 15.1 Å². The van der Waals surface area contributed by atoms with Gasteiger partial charge in [0.15, 0.2) is 5.84 Å². The number of carbonyl (C=O) groups is 1. The van der Waals surface area contributed by atoms with Gasteiger partial charge in [-0.25, -0.2) is 0 Å². The molecule has 1 aromatic heterocycles. The summed E-state index contributed by atoms with van der Waals surface area (Å²) in [6.45, 7) is 3.53. The van der Waals surface area contributed by atoms with Crippen LogP contribution in [0.2, 0.25) is 0 Å². The van der Waals surface area contributed by atoms with Gasteiger partial charge in [-0.1, -0.05) is 12.1 Å². The Hall–Kier alpha value is -2.05. The second kappa shape index (κ2) is 4.86. The van der Waals surface area contributed by atoms with Gasteiger partial charge in [0.1, 0.15) is 5.69 Å². The van der Waals surface area contributed by atoms with Gasteiger partial charge < -0.3 is 16.3 Å². The van der Waals surface area contributed by atoms with Crippen molar-refractivity contribution in [3.05, 3.63) is 18.0 Å². The van der Waals surface area contributed by atoms with Gasteiger partial charge in [-0.3, -0.25) is 9.48 Å². The number of carbonyl (C=O) groups excluding carboxylic acids is 1. The van der Waals surface area contributed by atoms with Crippen LogP contribution in [0.25, 0.3) is 0 Å². The van der Waals surface area contributed by atoms with E-state index < -0.39 is 5.54 Å². The number of rotatable bonds is 4. The third-order valence-electron chi connectivity index (χ3n) is 2.82. The first-order valence-corrected chi connectivity index (χ1v) is 5.23. The summed E-state index contributed by atoms with van der Waals surface area (Å²) < 4.78 is 1.46. The molecular formula is C10H17N5O2. The Morgan fingerprint density at radius 1 is 1.76 bits per heavy atom. The number of oxime groups is 1. The predicted molar refractivity (Wildman–Crippen MR) is 62.8 cm³/mol. The van der Waals surface area contributed by atoms with E-state index in [1.165, 1.54) is 10.9 Å². The molecule has 0 saturated heterocycles. The average molecular weight is 239 g/mol. The van der Waals surface area contributed by atoms with E-state index in [0.717, 1.165) is 0 Å². The van der Waals surface area contributed by atoms with Crippen molar-refractivity contribution in [1.29, 1.82) is 0 Å². The van der Waals surface area contributed by atoms with Gasteiger partial charge in [-0.15, -0.1) is 0 Å². The Labute approximate surface area is 99.3 Å². The maximum Gasteiger partial charge on any atom is 0.270 e. The molecule has 4 N–H and O–H groups in total. The number of nitrogens with one attached hydrogen (secondary N) is 1. The first kappa shape index (κ1) is 13.0. The van der Waals surface area contributed by atoms with Crippen molar-refractivity contribution in [2.45, 2.75) is 25.8 Å². The molecule has 0 aliphatic carbocycles. The van der Waals surface area contributed by atoms with Gasteiger partial charge in [-0.2, -0.15) is 5.10 Å². The minimum Gasteiger partial charge on any atom is -0.409 e. The lowest BCUT2D eigenvalue weighted by atomic mass is 9.97. The van der Waals surface area contributed by atoms with Crippen molar-refractivity contribution >= 4 is 11.7 Å². The molecule has 0 saturated carbocycles. The minimum absolute atomic E-state index is 0.0319. The molecule has 0 aliphatic rings. The molecule has 0 bridgehead atoms. The molecule has 0 fully saturated rings. The van der Waals surface area contributed by atoms with Crippen molar-refractivity contribution in [2.24, 2.45) is 17.9 Å². The number of aromatic nitrogens is 2. The summed E-state index contributed by atoms with van der Waals surface area (Å²) in [6, 6.07) is 1.59. The van der Waals surface area contributed by atoms with Crippen LogP contribution in [0.1, 0.15) is 30.8 Å². The minimum atomic E-state index is -0.879. The molecular weight excluding hydrogens is 222 g/mol. The van der Waals surface area contributed by atoms with Crippen molar-refractivity contribution in [2.75, 3.05) is 0 Å². The molecule has 0 spiro atoms. The highest BCUT2D eigenvalue weighted by Crippen LogP contribution is 2.11. The molecule has 7 heteroatoms. The second-order valence-electron chi connectivity index (χ2n) is 3.97. The second-order valence-corrected chi connectivity index (χ2v) is 3.97. The number of hydrogen-bond donors (Lipinski definition) is 3. The van der Waals surface area contributed by atoms with Gasteiger partial charge in [-0.05, 0) is 19.4 Å². The van der Waals surface area contributed by atoms with Gasteiger partial charge >= 0.3 is 0 Å². The summed E-state index contributed by atoms with van der Waals surface area (Å²) in [7, 11) is 1.67. The normalized spacial score (nSPS) is 15.4. The van der Waals surface area contributed by atoms with Crippen molar-refractivity contribution in [3.8, 4) is 0 Å². The fraction of sp³-hybridized carbons (Fsp3) is 0.500. The number of nitrogens with zero attached hydrogens (tertiary/aromatic N) is 3. The molecule has 1 rings (SSSR count). The Morgan fingerprint density at radius 2 is 2.41 bits per heavy atom. The monoisotopic (exact) mass is 239 g/mol. The van der Waals surface area contributed by atoms with Crippen molar-refractivity contribution < 1.29 is 10.0 Å². The highest BCUT2D eigenvalue weighted by Gasteiger charge is 2.30. The summed E-state index contributed by atoms with van der Waals surface area (Å²) in [5.41, 5.74) is 5.10. The number of amides is 1. The smallest absolute Gasteiger partial charge is 0.270 e. The zero-order valence-corrected chi connectivity index (χ0v) is 10.1. The van der Waals surface area contributed by atoms with Crippen LogP contribution < -0.4 is 11.1 Å². The van der Waals surface area contributed by atoms with Gasteiger partial charge in [0.2, 0.25) is 0 Å². The lowest BCUT2D eigenvalue weighted by Gasteiger charge is -2.27. The average Bonchev–Trinajstić information content (AvgIpc) is 2.74. The Kier molecular flexibility index (Phi) is 3.72. The predicted octanol–water partition coefficient (Wildman–Crippen LogP) is 0.0650. The first-order valence-electron chi connectivity index (χ1n) is 5.23. The van der Waals surface area contributed by atoms with E-state index in [4.69, 9.17) is 10.9 Å². The largest absolute Gasteiger partial charge is 0.409 e. The fourth-order valence-corrected chi connectivity index (χ4v) is 1.36. The standard InChI is InChI=1S/C10H17N5O2/c1-4-10(2,9(11)14-17)13-8(16)7-5-6-12-15(7)3/h5-6,17H,4H2,1-3H3,(H2,11,14)(H,13,16). The van der Waals surface area contributed by atoms with Crippen LogP contribution in [0, 0.1) is 0 Å². The molecule has 0 aliphatic heterocycles. The lowest BCUT2D eigenvalue weighted by Crippen LogP contribution is -2.55. The maximum atomic E-state index is 12.0. The third kappa shape index (κ3) is 2.55. The third-order valence-corrected chi connectivity index (χ3v) is 2.82. The number of amidine groups is 1. The molecule has 1 unspecified atom stereocenters. The Morgan fingerprint density at radius 3 is 2.82 bits per heavy atom. The molecule has 7 nitrogen and oxygen atoms in total. The first-order chi connectivity index (χ1) is 7.94. The zero-order valence-electron chi connectivity index (χ0n) is 10.1. The zero-order chi connectivity index (χ0) is 13.1. The van der Waals surface area contributed by atoms with Crippen LogP contribution in [-0.2, 0) is 7.05 Å². The Balaban J connectivity index is 2.91. The van der Waals surface area contributed by atoms with Crippen molar-refractivity contribution in [3.63, 3.8) is 0 Å². The molecule has 0 radical (unpaired) electrons. The summed E-state index contributed by atoms with van der Waals surface area (Å²) >= 11 is 0. The van der Waals surface area contributed by atoms with Gasteiger partial charge in [0.05, 0.1) is 5.54 Å². The molecule has 0 aromatic carbocycles. The van der Waals surface area contributed by atoms with E-state index in [0.29, 0.717) is 12.1 Å². The van der Waals surface area contributed by atoms with Crippen LogP contribution in [0.4, 0.5) is 0 Å². The summed E-state index contributed by atoms with van der Waals surface area (Å²) in [4.78, 5) is 12.0. The van der Waals surface area contributed by atoms with E-state index in [9.17, 15) is 4.79 Å². The van der Waals surface area contributed by atoms with Crippen LogP contribution in [0.5, 0.6) is 0 Å². The van der Waals surface area contributed by atoms with E-state index in [1.807, 2.05) is 6.92 Å². The highest BCUT2D eigenvalue weighted by molar-refractivity contribution is 5.99. The number of hydrogen-bond acceptors (Lipinski definition) is 4. The molecule has 94 valence electrons. The SMILES string of the molecule is CCC(C)(NC(=O)c1ccnn1C)/C(N)=N/O. The lowest BCUT2D eigenvalue weighted by molar-refractivity contribution is 0.0915. The molecule has 1 heterocycles.